The minimum atomic E-state index is 0.405. The Morgan fingerprint density at radius 1 is 0.615 bits per heavy atom. The lowest BCUT2D eigenvalue weighted by Gasteiger charge is -2.21. The van der Waals surface area contributed by atoms with Crippen molar-refractivity contribution in [3.05, 3.63) is 129 Å². The van der Waals surface area contributed by atoms with E-state index in [1.807, 2.05) is 36.4 Å². The van der Waals surface area contributed by atoms with Gasteiger partial charge >= 0.3 is 0 Å². The van der Waals surface area contributed by atoms with Gasteiger partial charge in [-0.15, -0.1) is 0 Å². The van der Waals surface area contributed by atoms with Gasteiger partial charge in [-0.2, -0.15) is 0 Å². The van der Waals surface area contributed by atoms with Crippen LogP contribution in [0.2, 0.25) is 10.0 Å². The van der Waals surface area contributed by atoms with Crippen LogP contribution in [0.1, 0.15) is 22.3 Å². The summed E-state index contributed by atoms with van der Waals surface area (Å²) in [6, 6.07) is 23.0. The number of allylic oxidation sites excluding steroid dienone is 4. The second-order valence-electron chi connectivity index (χ2n) is 9.52. The Kier molecular flexibility index (Phi) is 6.86. The van der Waals surface area contributed by atoms with Crippen LogP contribution in [0.5, 0.6) is 23.0 Å². The lowest BCUT2D eigenvalue weighted by atomic mass is 10.0. The second-order valence-corrected chi connectivity index (χ2v) is 10.3. The fourth-order valence-corrected chi connectivity index (χ4v) is 5.34. The third-order valence-corrected chi connectivity index (χ3v) is 7.77. The normalized spacial score (nSPS) is 13.8. The average molecular weight is 557 g/mol. The summed E-state index contributed by atoms with van der Waals surface area (Å²) in [6.07, 6.45) is 6.54. The number of nitrogen functional groups attached to an aromatic ring is 2. The zero-order valence-electron chi connectivity index (χ0n) is 21.0. The van der Waals surface area contributed by atoms with Gasteiger partial charge in [-0.1, -0.05) is 59.6 Å². The summed E-state index contributed by atoms with van der Waals surface area (Å²) < 4.78 is 18.4. The number of para-hydroxylation sites is 2. The molecule has 0 radical (unpaired) electrons. The molecule has 0 saturated heterocycles. The van der Waals surface area contributed by atoms with E-state index in [9.17, 15) is 0 Å². The van der Waals surface area contributed by atoms with Crippen molar-refractivity contribution >= 4 is 34.6 Å². The molecule has 196 valence electrons. The van der Waals surface area contributed by atoms with Gasteiger partial charge in [0.05, 0.1) is 10.0 Å². The smallest absolute Gasteiger partial charge is 0.146 e. The minimum Gasteiger partial charge on any atom is -0.461 e. The molecular formula is C32H26Cl2N2O3. The van der Waals surface area contributed by atoms with Crippen molar-refractivity contribution in [2.75, 3.05) is 11.5 Å². The number of anilines is 2. The number of hydrogen-bond donors (Lipinski definition) is 2. The van der Waals surface area contributed by atoms with E-state index in [2.05, 4.69) is 24.3 Å². The average Bonchev–Trinajstić information content (AvgIpc) is 2.96. The molecule has 0 unspecified atom stereocenters. The van der Waals surface area contributed by atoms with Crippen LogP contribution in [0, 0.1) is 0 Å². The van der Waals surface area contributed by atoms with Crippen LogP contribution in [0.15, 0.2) is 96.5 Å². The third kappa shape index (κ3) is 5.16. The van der Waals surface area contributed by atoms with Gasteiger partial charge in [-0.3, -0.25) is 0 Å². The molecule has 4 aromatic rings. The molecule has 2 heterocycles. The van der Waals surface area contributed by atoms with Crippen LogP contribution >= 0.6 is 23.2 Å². The Balaban J connectivity index is 1.23. The van der Waals surface area contributed by atoms with Crippen molar-refractivity contribution < 1.29 is 14.2 Å². The summed E-state index contributed by atoms with van der Waals surface area (Å²) in [5, 5.41) is 0.811. The number of nitrogens with two attached hydrogens (primary N) is 2. The largest absolute Gasteiger partial charge is 0.461 e. The molecule has 6 rings (SSSR count). The monoisotopic (exact) mass is 556 g/mol. The Morgan fingerprint density at radius 3 is 1.51 bits per heavy atom. The fourth-order valence-electron chi connectivity index (χ4n) is 4.79. The first-order valence-corrected chi connectivity index (χ1v) is 13.4. The minimum absolute atomic E-state index is 0.405. The van der Waals surface area contributed by atoms with Gasteiger partial charge in [0.25, 0.3) is 0 Å². The number of halogens is 2. The van der Waals surface area contributed by atoms with Crippen LogP contribution in [-0.2, 0) is 25.7 Å². The van der Waals surface area contributed by atoms with Crippen LogP contribution in [0.4, 0.5) is 11.4 Å². The molecule has 0 amide bonds. The van der Waals surface area contributed by atoms with Gasteiger partial charge in [-0.05, 0) is 72.5 Å². The molecule has 0 fully saturated rings. The molecule has 2 aliphatic rings. The van der Waals surface area contributed by atoms with Crippen molar-refractivity contribution in [3.63, 3.8) is 0 Å². The Hall–Kier alpha value is -4.06. The van der Waals surface area contributed by atoms with Gasteiger partial charge in [-0.25, -0.2) is 0 Å². The number of fused-ring (bicyclic) bond motifs is 2. The predicted molar refractivity (Wildman–Crippen MR) is 157 cm³/mol. The number of ether oxygens (including phenoxy) is 3. The zero-order chi connectivity index (χ0) is 26.9. The molecule has 0 spiro atoms. The number of rotatable bonds is 6. The molecule has 0 aromatic heterocycles. The van der Waals surface area contributed by atoms with E-state index >= 15 is 0 Å². The van der Waals surface area contributed by atoms with E-state index in [1.165, 1.54) is 0 Å². The van der Waals surface area contributed by atoms with Crippen molar-refractivity contribution in [3.8, 4) is 23.0 Å². The van der Waals surface area contributed by atoms with E-state index in [1.54, 1.807) is 24.3 Å². The maximum atomic E-state index is 6.83. The molecule has 0 bridgehead atoms. The highest BCUT2D eigenvalue weighted by Gasteiger charge is 2.21. The SMILES string of the molecule is Nc1ccc(Oc2ccc(N)c(CC3=CCc4ccccc4O3)c2Cl)c(Cl)c1CC1=CCc2ccccc2O1. The maximum Gasteiger partial charge on any atom is 0.146 e. The van der Waals surface area contributed by atoms with Crippen LogP contribution in [-0.4, -0.2) is 0 Å². The molecule has 0 aliphatic carbocycles. The lowest BCUT2D eigenvalue weighted by molar-refractivity contribution is 0.397. The highest BCUT2D eigenvalue weighted by atomic mass is 35.5. The summed E-state index contributed by atoms with van der Waals surface area (Å²) in [7, 11) is 0. The first kappa shape index (κ1) is 25.2. The van der Waals surface area contributed by atoms with Crippen LogP contribution < -0.4 is 25.7 Å². The molecule has 4 N–H and O–H groups in total. The van der Waals surface area contributed by atoms with Crippen molar-refractivity contribution in [2.24, 2.45) is 0 Å². The van der Waals surface area contributed by atoms with Gasteiger partial charge in [0.15, 0.2) is 0 Å². The number of benzene rings is 4. The molecule has 4 aromatic carbocycles. The van der Waals surface area contributed by atoms with Gasteiger partial charge in [0.1, 0.15) is 34.5 Å². The summed E-state index contributed by atoms with van der Waals surface area (Å²) in [6.45, 7) is 0. The first-order chi connectivity index (χ1) is 19.0. The maximum absolute atomic E-state index is 6.83. The van der Waals surface area contributed by atoms with E-state index in [-0.39, 0.29) is 0 Å². The Bertz CT molecular complexity index is 1520. The Morgan fingerprint density at radius 2 is 1.05 bits per heavy atom. The van der Waals surface area contributed by atoms with Crippen molar-refractivity contribution in [2.45, 2.75) is 25.7 Å². The van der Waals surface area contributed by atoms with Crippen LogP contribution in [0.25, 0.3) is 0 Å². The highest BCUT2D eigenvalue weighted by molar-refractivity contribution is 6.34. The first-order valence-electron chi connectivity index (χ1n) is 12.7. The van der Waals surface area contributed by atoms with Crippen LogP contribution in [0.3, 0.4) is 0 Å². The molecular weight excluding hydrogens is 531 g/mol. The fraction of sp³-hybridized carbons (Fsp3) is 0.125. The standard InChI is InChI=1S/C32H26Cl2N2O3/c33-31-23(17-21-11-9-19-5-1-3-7-27(19)37-21)25(35)13-15-29(31)39-30-16-14-26(36)24(32(30)34)18-22-12-10-20-6-2-4-8-28(20)38-22/h1-8,11-16H,9-10,17-18,35-36H2. The summed E-state index contributed by atoms with van der Waals surface area (Å²) >= 11 is 13.7. The summed E-state index contributed by atoms with van der Waals surface area (Å²) in [5.41, 5.74) is 17.5. The third-order valence-electron chi connectivity index (χ3n) is 6.94. The molecule has 7 heteroatoms. The summed E-state index contributed by atoms with van der Waals surface area (Å²) in [5.74, 6) is 4.15. The lowest BCUT2D eigenvalue weighted by Crippen LogP contribution is -2.09. The molecule has 0 atom stereocenters. The quantitative estimate of drug-likeness (QED) is 0.234. The molecule has 39 heavy (non-hydrogen) atoms. The number of hydrogen-bond acceptors (Lipinski definition) is 5. The second kappa shape index (κ2) is 10.6. The summed E-state index contributed by atoms with van der Waals surface area (Å²) in [4.78, 5) is 0. The van der Waals surface area contributed by atoms with E-state index in [0.29, 0.717) is 45.8 Å². The molecule has 0 saturated carbocycles. The topological polar surface area (TPSA) is 79.7 Å². The Labute approximate surface area is 237 Å². The molecule has 5 nitrogen and oxygen atoms in total. The van der Waals surface area contributed by atoms with Gasteiger partial charge in [0.2, 0.25) is 0 Å². The van der Waals surface area contributed by atoms with Crippen molar-refractivity contribution in [1.82, 2.24) is 0 Å². The zero-order valence-corrected chi connectivity index (χ0v) is 22.6. The van der Waals surface area contributed by atoms with Gasteiger partial charge < -0.3 is 25.7 Å². The van der Waals surface area contributed by atoms with Crippen molar-refractivity contribution in [1.29, 1.82) is 0 Å². The predicted octanol–water partition coefficient (Wildman–Crippen LogP) is 8.07. The van der Waals surface area contributed by atoms with E-state index in [0.717, 1.165) is 58.1 Å². The highest BCUT2D eigenvalue weighted by Crippen LogP contribution is 2.42. The van der Waals surface area contributed by atoms with Gasteiger partial charge in [0, 0.05) is 35.3 Å². The van der Waals surface area contributed by atoms with E-state index < -0.39 is 0 Å². The van der Waals surface area contributed by atoms with E-state index in [4.69, 9.17) is 48.9 Å². The molecule has 2 aliphatic heterocycles.